The molecule has 0 saturated carbocycles. The molecule has 1 atom stereocenters. The molecule has 1 heterocycles. The van der Waals surface area contributed by atoms with Crippen LogP contribution in [0.2, 0.25) is 0 Å². The molecule has 1 N–H and O–H groups in total. The first kappa shape index (κ1) is 17.5. The fourth-order valence-corrected chi connectivity index (χ4v) is 4.87. The van der Waals surface area contributed by atoms with Crippen LogP contribution in [0.5, 0.6) is 0 Å². The van der Waals surface area contributed by atoms with E-state index in [1.54, 1.807) is 48.5 Å². The number of rotatable bonds is 5. The molecule has 1 amide bonds. The lowest BCUT2D eigenvalue weighted by atomic mass is 10.1. The van der Waals surface area contributed by atoms with Gasteiger partial charge in [-0.2, -0.15) is 0 Å². The van der Waals surface area contributed by atoms with Gasteiger partial charge in [0.15, 0.2) is 0 Å². The van der Waals surface area contributed by atoms with Gasteiger partial charge >= 0.3 is 0 Å². The summed E-state index contributed by atoms with van der Waals surface area (Å²) in [6.45, 7) is 4.51. The predicted octanol–water partition coefficient (Wildman–Crippen LogP) is 2.97. The van der Waals surface area contributed by atoms with Gasteiger partial charge in [0.1, 0.15) is 0 Å². The van der Waals surface area contributed by atoms with Crippen LogP contribution in [0.3, 0.4) is 0 Å². The number of amides is 1. The largest absolute Gasteiger partial charge is 0.352 e. The molecule has 3 rings (SSSR count). The number of hydrogen-bond acceptors (Lipinski definition) is 3. The van der Waals surface area contributed by atoms with Crippen LogP contribution >= 0.6 is 0 Å². The fourth-order valence-electron chi connectivity index (χ4n) is 3.16. The lowest BCUT2D eigenvalue weighted by molar-refractivity contribution is 0.0953. The van der Waals surface area contributed by atoms with Gasteiger partial charge in [0, 0.05) is 18.2 Å². The Morgan fingerprint density at radius 1 is 1.20 bits per heavy atom. The molecule has 1 aliphatic heterocycles. The molecular weight excluding hydrogens is 336 g/mol. The first-order valence-corrected chi connectivity index (χ1v) is 9.89. The topological polar surface area (TPSA) is 66.5 Å². The van der Waals surface area contributed by atoms with Gasteiger partial charge in [0.2, 0.25) is 0 Å². The number of carbonyl (C=O) groups is 1. The molecule has 25 heavy (non-hydrogen) atoms. The maximum Gasteiger partial charge on any atom is 0.264 e. The van der Waals surface area contributed by atoms with E-state index in [1.807, 2.05) is 13.8 Å². The van der Waals surface area contributed by atoms with E-state index in [4.69, 9.17) is 0 Å². The van der Waals surface area contributed by atoms with Gasteiger partial charge in [0.25, 0.3) is 15.9 Å². The van der Waals surface area contributed by atoms with Crippen molar-refractivity contribution in [1.29, 1.82) is 0 Å². The average Bonchev–Trinajstić information content (AvgIpc) is 2.95. The number of nitrogens with zero attached hydrogens (tertiary/aromatic N) is 1. The highest BCUT2D eigenvalue weighted by Crippen LogP contribution is 2.37. The monoisotopic (exact) mass is 358 g/mol. The molecule has 0 spiro atoms. The Balaban J connectivity index is 1.95. The number of benzene rings is 2. The molecule has 2 aromatic rings. The normalized spacial score (nSPS) is 16.6. The Morgan fingerprint density at radius 2 is 1.92 bits per heavy atom. The lowest BCUT2D eigenvalue weighted by Crippen LogP contribution is -2.35. The van der Waals surface area contributed by atoms with Crippen molar-refractivity contribution in [3.8, 4) is 0 Å². The van der Waals surface area contributed by atoms with Crippen LogP contribution in [0, 0.1) is 0 Å². The van der Waals surface area contributed by atoms with Gasteiger partial charge in [-0.1, -0.05) is 25.1 Å². The summed E-state index contributed by atoms with van der Waals surface area (Å²) in [5.74, 6) is -0.123. The Labute approximate surface area is 148 Å². The zero-order valence-electron chi connectivity index (χ0n) is 14.4. The van der Waals surface area contributed by atoms with E-state index in [9.17, 15) is 13.2 Å². The van der Waals surface area contributed by atoms with Crippen molar-refractivity contribution in [3.05, 3.63) is 59.7 Å². The number of nitrogens with one attached hydrogen (secondary N) is 1. The molecule has 132 valence electrons. The van der Waals surface area contributed by atoms with Crippen molar-refractivity contribution in [2.24, 2.45) is 0 Å². The van der Waals surface area contributed by atoms with E-state index in [0.29, 0.717) is 24.2 Å². The zero-order valence-corrected chi connectivity index (χ0v) is 15.2. The second kappa shape index (κ2) is 6.88. The van der Waals surface area contributed by atoms with Crippen LogP contribution < -0.4 is 9.62 Å². The molecule has 2 aromatic carbocycles. The number of anilines is 1. The Morgan fingerprint density at radius 3 is 2.60 bits per heavy atom. The minimum atomic E-state index is -3.62. The molecule has 0 fully saturated rings. The van der Waals surface area contributed by atoms with Crippen molar-refractivity contribution >= 4 is 21.6 Å². The van der Waals surface area contributed by atoms with Gasteiger partial charge in [-0.3, -0.25) is 9.10 Å². The van der Waals surface area contributed by atoms with Crippen LogP contribution in [0.25, 0.3) is 0 Å². The smallest absolute Gasteiger partial charge is 0.264 e. The summed E-state index contributed by atoms with van der Waals surface area (Å²) < 4.78 is 27.5. The minimum Gasteiger partial charge on any atom is -0.352 e. The minimum absolute atomic E-state index is 0.123. The number of hydrogen-bond donors (Lipinski definition) is 1. The standard InChI is InChI=1S/C19H22N2O3S/c1-3-11-20-19(22)15-9-10-18-16(13-15)12-14(2)21(18)25(23,24)17-7-5-4-6-8-17/h4-10,13-14H,3,11-12H2,1-2H3,(H,20,22)/t14-/m0/s1. The van der Waals surface area contributed by atoms with Crippen LogP contribution in [0.4, 0.5) is 5.69 Å². The highest BCUT2D eigenvalue weighted by atomic mass is 32.2. The molecule has 0 aromatic heterocycles. The molecule has 0 aliphatic carbocycles. The second-order valence-corrected chi connectivity index (χ2v) is 8.08. The Hall–Kier alpha value is -2.34. The van der Waals surface area contributed by atoms with E-state index in [-0.39, 0.29) is 16.8 Å². The number of fused-ring (bicyclic) bond motifs is 1. The molecular formula is C19H22N2O3S. The predicted molar refractivity (Wildman–Crippen MR) is 98.3 cm³/mol. The van der Waals surface area contributed by atoms with Gasteiger partial charge in [-0.15, -0.1) is 0 Å². The third-order valence-electron chi connectivity index (χ3n) is 4.33. The molecule has 0 bridgehead atoms. The van der Waals surface area contributed by atoms with Crippen LogP contribution in [0.1, 0.15) is 36.2 Å². The molecule has 1 aliphatic rings. The van der Waals surface area contributed by atoms with Crippen molar-refractivity contribution in [2.45, 2.75) is 37.6 Å². The quantitative estimate of drug-likeness (QED) is 0.893. The van der Waals surface area contributed by atoms with Gasteiger partial charge in [0.05, 0.1) is 10.6 Å². The Kier molecular flexibility index (Phi) is 4.81. The number of carbonyl (C=O) groups excluding carboxylic acids is 1. The summed E-state index contributed by atoms with van der Waals surface area (Å²) >= 11 is 0. The maximum absolute atomic E-state index is 13.0. The summed E-state index contributed by atoms with van der Waals surface area (Å²) in [4.78, 5) is 12.4. The van der Waals surface area contributed by atoms with Crippen LogP contribution in [0.15, 0.2) is 53.4 Å². The second-order valence-electron chi connectivity index (χ2n) is 6.27. The SMILES string of the molecule is CCCNC(=O)c1ccc2c(c1)C[C@H](C)N2S(=O)(=O)c1ccccc1. The highest BCUT2D eigenvalue weighted by molar-refractivity contribution is 7.92. The molecule has 6 heteroatoms. The summed E-state index contributed by atoms with van der Waals surface area (Å²) in [5, 5.41) is 2.85. The molecule has 0 radical (unpaired) electrons. The molecule has 5 nitrogen and oxygen atoms in total. The maximum atomic E-state index is 13.0. The molecule has 0 saturated heterocycles. The lowest BCUT2D eigenvalue weighted by Gasteiger charge is -2.24. The van der Waals surface area contributed by atoms with Crippen molar-refractivity contribution in [1.82, 2.24) is 5.32 Å². The van der Waals surface area contributed by atoms with Crippen LogP contribution in [-0.2, 0) is 16.4 Å². The van der Waals surface area contributed by atoms with E-state index in [1.165, 1.54) is 4.31 Å². The summed E-state index contributed by atoms with van der Waals surface area (Å²) in [5.41, 5.74) is 2.11. The first-order chi connectivity index (χ1) is 11.9. The van der Waals surface area contributed by atoms with E-state index < -0.39 is 10.0 Å². The fraction of sp³-hybridized carbons (Fsp3) is 0.316. The van der Waals surface area contributed by atoms with E-state index in [0.717, 1.165) is 12.0 Å². The summed E-state index contributed by atoms with van der Waals surface area (Å²) in [6, 6.07) is 13.5. The Bertz CT molecular complexity index is 879. The summed E-state index contributed by atoms with van der Waals surface area (Å²) in [6.07, 6.45) is 1.47. The van der Waals surface area contributed by atoms with Crippen molar-refractivity contribution < 1.29 is 13.2 Å². The summed E-state index contributed by atoms with van der Waals surface area (Å²) in [7, 11) is -3.62. The van der Waals surface area contributed by atoms with Crippen molar-refractivity contribution in [3.63, 3.8) is 0 Å². The van der Waals surface area contributed by atoms with Gasteiger partial charge in [-0.05, 0) is 55.7 Å². The zero-order chi connectivity index (χ0) is 18.0. The van der Waals surface area contributed by atoms with Crippen LogP contribution in [-0.4, -0.2) is 26.9 Å². The molecule has 0 unspecified atom stereocenters. The van der Waals surface area contributed by atoms with E-state index >= 15 is 0 Å². The van der Waals surface area contributed by atoms with E-state index in [2.05, 4.69) is 5.32 Å². The number of sulfonamides is 1. The third-order valence-corrected chi connectivity index (χ3v) is 6.27. The first-order valence-electron chi connectivity index (χ1n) is 8.45. The van der Waals surface area contributed by atoms with Gasteiger partial charge in [-0.25, -0.2) is 8.42 Å². The average molecular weight is 358 g/mol. The third kappa shape index (κ3) is 3.26. The highest BCUT2D eigenvalue weighted by Gasteiger charge is 2.36. The van der Waals surface area contributed by atoms with Crippen molar-refractivity contribution in [2.75, 3.05) is 10.8 Å². The van der Waals surface area contributed by atoms with Gasteiger partial charge < -0.3 is 5.32 Å².